The molecule has 0 saturated carbocycles. The van der Waals surface area contributed by atoms with E-state index in [0.717, 1.165) is 5.56 Å². The average molecular weight is 314 g/mol. The first kappa shape index (κ1) is 16.4. The molecule has 0 aromatic heterocycles. The fourth-order valence-corrected chi connectivity index (χ4v) is 1.88. The smallest absolute Gasteiger partial charge is 0.404 e. The molecule has 0 aliphatic rings. The van der Waals surface area contributed by atoms with Crippen LogP contribution >= 0.6 is 0 Å². The minimum Gasteiger partial charge on any atom is -0.489 e. The van der Waals surface area contributed by atoms with E-state index in [1.165, 1.54) is 0 Å². The molecule has 0 fully saturated rings. The van der Waals surface area contributed by atoms with Crippen LogP contribution in [0, 0.1) is 0 Å². The fraction of sp³-hybridized carbons (Fsp3) is 0.176. The number of hydrogen-bond acceptors (Lipinski definition) is 3. The summed E-state index contributed by atoms with van der Waals surface area (Å²) in [6, 6.07) is 16.9. The summed E-state index contributed by atoms with van der Waals surface area (Å²) in [5, 5.41) is 13.3. The summed E-state index contributed by atoms with van der Waals surface area (Å²) in [4.78, 5) is 21.9. The molecule has 0 unspecified atom stereocenters. The van der Waals surface area contributed by atoms with Crippen LogP contribution in [0.25, 0.3) is 0 Å². The Morgan fingerprint density at radius 3 is 2.35 bits per heavy atom. The van der Waals surface area contributed by atoms with Crippen LogP contribution in [-0.4, -0.2) is 23.7 Å². The molecular weight excluding hydrogens is 296 g/mol. The van der Waals surface area contributed by atoms with Crippen LogP contribution in [0.5, 0.6) is 5.75 Å². The standard InChI is InChI=1S/C17H18N2O4/c20-16(10-11-18-17(21)22)19-14-6-8-15(9-7-14)23-12-13-4-2-1-3-5-13/h1-9,18H,10-12H2,(H,19,20)(H,21,22). The molecule has 120 valence electrons. The third-order valence-electron chi connectivity index (χ3n) is 3.01. The summed E-state index contributed by atoms with van der Waals surface area (Å²) in [6.07, 6.45) is -1.06. The molecule has 0 aliphatic carbocycles. The Morgan fingerprint density at radius 2 is 1.70 bits per heavy atom. The van der Waals surface area contributed by atoms with Crippen molar-refractivity contribution >= 4 is 17.7 Å². The molecule has 0 radical (unpaired) electrons. The predicted octanol–water partition coefficient (Wildman–Crippen LogP) is 2.86. The van der Waals surface area contributed by atoms with Gasteiger partial charge in [-0.15, -0.1) is 0 Å². The van der Waals surface area contributed by atoms with Crippen LogP contribution in [0.4, 0.5) is 10.5 Å². The fourth-order valence-electron chi connectivity index (χ4n) is 1.88. The van der Waals surface area contributed by atoms with Crippen molar-refractivity contribution in [2.75, 3.05) is 11.9 Å². The van der Waals surface area contributed by atoms with Gasteiger partial charge in [0.1, 0.15) is 12.4 Å². The van der Waals surface area contributed by atoms with Gasteiger partial charge in [0.15, 0.2) is 0 Å². The topological polar surface area (TPSA) is 87.7 Å². The molecule has 2 aromatic carbocycles. The lowest BCUT2D eigenvalue weighted by Gasteiger charge is -2.08. The van der Waals surface area contributed by atoms with Gasteiger partial charge in [-0.1, -0.05) is 30.3 Å². The van der Waals surface area contributed by atoms with Crippen LogP contribution < -0.4 is 15.4 Å². The molecule has 0 saturated heterocycles. The zero-order valence-corrected chi connectivity index (χ0v) is 12.5. The van der Waals surface area contributed by atoms with E-state index in [4.69, 9.17) is 9.84 Å². The lowest BCUT2D eigenvalue weighted by Crippen LogP contribution is -2.25. The highest BCUT2D eigenvalue weighted by Gasteiger charge is 2.04. The number of anilines is 1. The second-order valence-electron chi connectivity index (χ2n) is 4.83. The largest absolute Gasteiger partial charge is 0.489 e. The molecule has 6 heteroatoms. The van der Waals surface area contributed by atoms with Crippen LogP contribution in [-0.2, 0) is 11.4 Å². The summed E-state index contributed by atoms with van der Waals surface area (Å²) in [6.45, 7) is 0.562. The molecule has 0 atom stereocenters. The van der Waals surface area contributed by atoms with Crippen molar-refractivity contribution in [2.45, 2.75) is 13.0 Å². The van der Waals surface area contributed by atoms with Crippen molar-refractivity contribution in [1.82, 2.24) is 5.32 Å². The number of carbonyl (C=O) groups excluding carboxylic acids is 1. The Bertz CT molecular complexity index is 641. The number of carboxylic acid groups (broad SMARTS) is 1. The van der Waals surface area contributed by atoms with Crippen molar-refractivity contribution in [3.05, 3.63) is 60.2 Å². The number of hydrogen-bond donors (Lipinski definition) is 3. The van der Waals surface area contributed by atoms with Gasteiger partial charge in [0.2, 0.25) is 5.91 Å². The summed E-state index contributed by atoms with van der Waals surface area (Å²) >= 11 is 0. The molecule has 0 heterocycles. The Balaban J connectivity index is 1.77. The maximum absolute atomic E-state index is 11.6. The second kappa shape index (κ2) is 8.43. The van der Waals surface area contributed by atoms with E-state index < -0.39 is 6.09 Å². The van der Waals surface area contributed by atoms with Gasteiger partial charge in [-0.2, -0.15) is 0 Å². The molecule has 2 amide bonds. The zero-order valence-electron chi connectivity index (χ0n) is 12.5. The number of nitrogens with one attached hydrogen (secondary N) is 2. The van der Waals surface area contributed by atoms with Gasteiger partial charge in [0, 0.05) is 18.7 Å². The van der Waals surface area contributed by atoms with E-state index in [-0.39, 0.29) is 18.9 Å². The average Bonchev–Trinajstić information content (AvgIpc) is 2.55. The highest BCUT2D eigenvalue weighted by molar-refractivity contribution is 5.91. The summed E-state index contributed by atoms with van der Waals surface area (Å²) in [5.41, 5.74) is 1.72. The monoisotopic (exact) mass is 314 g/mol. The van der Waals surface area contributed by atoms with Gasteiger partial charge in [0.25, 0.3) is 0 Å². The van der Waals surface area contributed by atoms with Gasteiger partial charge >= 0.3 is 6.09 Å². The Hall–Kier alpha value is -3.02. The molecular formula is C17H18N2O4. The first-order valence-corrected chi connectivity index (χ1v) is 7.17. The normalized spacial score (nSPS) is 9.91. The van der Waals surface area contributed by atoms with Crippen LogP contribution in [0.3, 0.4) is 0 Å². The van der Waals surface area contributed by atoms with Gasteiger partial charge in [0.05, 0.1) is 0 Å². The van der Waals surface area contributed by atoms with Gasteiger partial charge in [-0.3, -0.25) is 4.79 Å². The van der Waals surface area contributed by atoms with Crippen LogP contribution in [0.15, 0.2) is 54.6 Å². The Labute approximate surface area is 134 Å². The predicted molar refractivity (Wildman–Crippen MR) is 86.5 cm³/mol. The Morgan fingerprint density at radius 1 is 1.00 bits per heavy atom. The molecule has 0 bridgehead atoms. The SMILES string of the molecule is O=C(O)NCCC(=O)Nc1ccc(OCc2ccccc2)cc1. The van der Waals surface area contributed by atoms with E-state index in [2.05, 4.69) is 10.6 Å². The first-order chi connectivity index (χ1) is 11.1. The molecule has 3 N–H and O–H groups in total. The number of ether oxygens (including phenoxy) is 1. The highest BCUT2D eigenvalue weighted by Crippen LogP contribution is 2.17. The van der Waals surface area contributed by atoms with Crippen molar-refractivity contribution < 1.29 is 19.4 Å². The summed E-state index contributed by atoms with van der Waals surface area (Å²) in [5.74, 6) is 0.455. The van der Waals surface area contributed by atoms with E-state index in [0.29, 0.717) is 18.0 Å². The van der Waals surface area contributed by atoms with E-state index in [1.54, 1.807) is 24.3 Å². The quantitative estimate of drug-likeness (QED) is 0.733. The molecule has 0 spiro atoms. The van der Waals surface area contributed by atoms with Crippen LogP contribution in [0.2, 0.25) is 0 Å². The second-order valence-corrected chi connectivity index (χ2v) is 4.83. The number of rotatable bonds is 7. The third kappa shape index (κ3) is 6.09. The lowest BCUT2D eigenvalue weighted by atomic mass is 10.2. The van der Waals surface area contributed by atoms with Gasteiger partial charge in [-0.05, 0) is 29.8 Å². The van der Waals surface area contributed by atoms with Crippen molar-refractivity contribution in [3.8, 4) is 5.75 Å². The molecule has 2 aromatic rings. The highest BCUT2D eigenvalue weighted by atomic mass is 16.5. The minimum absolute atomic E-state index is 0.0819. The minimum atomic E-state index is -1.14. The van der Waals surface area contributed by atoms with Crippen molar-refractivity contribution in [2.24, 2.45) is 0 Å². The van der Waals surface area contributed by atoms with E-state index in [1.807, 2.05) is 30.3 Å². The summed E-state index contributed by atoms with van der Waals surface area (Å²) < 4.78 is 5.66. The molecule has 6 nitrogen and oxygen atoms in total. The van der Waals surface area contributed by atoms with Gasteiger partial charge < -0.3 is 20.5 Å². The molecule has 2 rings (SSSR count). The van der Waals surface area contributed by atoms with E-state index in [9.17, 15) is 9.59 Å². The Kier molecular flexibility index (Phi) is 5.99. The van der Waals surface area contributed by atoms with Crippen molar-refractivity contribution in [3.63, 3.8) is 0 Å². The number of benzene rings is 2. The van der Waals surface area contributed by atoms with Crippen molar-refractivity contribution in [1.29, 1.82) is 0 Å². The number of carbonyl (C=O) groups is 2. The molecule has 0 aliphatic heterocycles. The zero-order chi connectivity index (χ0) is 16.5. The number of amides is 2. The first-order valence-electron chi connectivity index (χ1n) is 7.17. The summed E-state index contributed by atoms with van der Waals surface area (Å²) in [7, 11) is 0. The third-order valence-corrected chi connectivity index (χ3v) is 3.01. The van der Waals surface area contributed by atoms with Gasteiger partial charge in [-0.25, -0.2) is 4.79 Å². The maximum Gasteiger partial charge on any atom is 0.404 e. The molecule has 23 heavy (non-hydrogen) atoms. The maximum atomic E-state index is 11.6. The van der Waals surface area contributed by atoms with E-state index >= 15 is 0 Å². The lowest BCUT2D eigenvalue weighted by molar-refractivity contribution is -0.116. The van der Waals surface area contributed by atoms with Crippen LogP contribution in [0.1, 0.15) is 12.0 Å².